The summed E-state index contributed by atoms with van der Waals surface area (Å²) in [6.45, 7) is 3.78. The van der Waals surface area contributed by atoms with Gasteiger partial charge in [0.2, 0.25) is 16.8 Å². The predicted molar refractivity (Wildman–Crippen MR) is 151 cm³/mol. The normalized spacial score (nSPS) is 22.6. The number of sulfonamides is 1. The fourth-order valence-electron chi connectivity index (χ4n) is 5.29. The molecular weight excluding hydrogens is 534 g/mol. The highest BCUT2D eigenvalue weighted by molar-refractivity contribution is 7.89. The molecule has 216 valence electrons. The molecule has 1 aliphatic carbocycles. The summed E-state index contributed by atoms with van der Waals surface area (Å²) in [5.74, 6) is 1.18. The van der Waals surface area contributed by atoms with Crippen molar-refractivity contribution in [2.24, 2.45) is 5.92 Å². The summed E-state index contributed by atoms with van der Waals surface area (Å²) in [4.78, 5) is 14.7. The van der Waals surface area contributed by atoms with Gasteiger partial charge < -0.3 is 29.5 Å². The third-order valence-corrected chi connectivity index (χ3v) is 9.77. The molecule has 3 atom stereocenters. The number of aliphatic hydroxyl groups is 1. The largest absolute Gasteiger partial charge is 0.487 e. The Morgan fingerprint density at radius 2 is 1.95 bits per heavy atom. The summed E-state index contributed by atoms with van der Waals surface area (Å²) in [6.07, 6.45) is 5.86. The molecule has 0 fully saturated rings. The molecule has 2 heterocycles. The Morgan fingerprint density at radius 1 is 1.15 bits per heavy atom. The summed E-state index contributed by atoms with van der Waals surface area (Å²) in [7, 11) is -2.26. The Labute approximate surface area is 235 Å². The maximum absolute atomic E-state index is 13.8. The predicted octanol–water partition coefficient (Wildman–Crippen LogP) is 4.31. The van der Waals surface area contributed by atoms with Gasteiger partial charge in [0.1, 0.15) is 16.7 Å². The molecule has 0 bridgehead atoms. The van der Waals surface area contributed by atoms with Crippen LogP contribution in [0.1, 0.15) is 45.1 Å². The minimum absolute atomic E-state index is 0.0670. The number of ether oxygens (including phenoxy) is 3. The van der Waals surface area contributed by atoms with Gasteiger partial charge in [-0.25, -0.2) is 13.2 Å². The lowest BCUT2D eigenvalue weighted by molar-refractivity contribution is 0.0830. The molecule has 0 aromatic heterocycles. The average Bonchev–Trinajstić information content (AvgIpc) is 3.42. The van der Waals surface area contributed by atoms with Crippen LogP contribution in [0.3, 0.4) is 0 Å². The molecule has 10 nitrogen and oxygen atoms in total. The SMILES string of the molecule is C[C@H]1CN([C@@H](C)CO)S(=O)(=O)c2ccc(C3=CCCCC3)cc2O[C@@H]1CN(C)C(=O)Nc1ccc2c(c1)OCO2. The molecule has 0 spiro atoms. The first-order chi connectivity index (χ1) is 19.2. The Morgan fingerprint density at radius 3 is 2.70 bits per heavy atom. The number of hydrogen-bond acceptors (Lipinski definition) is 7. The molecule has 2 aliphatic heterocycles. The summed E-state index contributed by atoms with van der Waals surface area (Å²) < 4.78 is 46.1. The number of likely N-dealkylation sites (N-methyl/N-ethyl adjacent to an activating group) is 1. The van der Waals surface area contributed by atoms with E-state index in [1.54, 1.807) is 38.2 Å². The number of hydrogen-bond donors (Lipinski definition) is 2. The van der Waals surface area contributed by atoms with Crippen molar-refractivity contribution in [3.8, 4) is 17.2 Å². The van der Waals surface area contributed by atoms with Gasteiger partial charge in [-0.15, -0.1) is 0 Å². The molecule has 0 saturated carbocycles. The van der Waals surface area contributed by atoms with Gasteiger partial charge >= 0.3 is 6.03 Å². The minimum atomic E-state index is -3.93. The van der Waals surface area contributed by atoms with E-state index < -0.39 is 22.2 Å². The van der Waals surface area contributed by atoms with Crippen LogP contribution in [0.5, 0.6) is 17.2 Å². The molecule has 3 aliphatic rings. The second kappa shape index (κ2) is 11.7. The molecule has 0 unspecified atom stereocenters. The van der Waals surface area contributed by atoms with Crippen LogP contribution in [0, 0.1) is 5.92 Å². The number of allylic oxidation sites excluding steroid dienone is 2. The highest BCUT2D eigenvalue weighted by Gasteiger charge is 2.38. The first-order valence-electron chi connectivity index (χ1n) is 13.7. The molecule has 2 aromatic carbocycles. The molecule has 5 rings (SSSR count). The van der Waals surface area contributed by atoms with Gasteiger partial charge in [0.15, 0.2) is 11.5 Å². The lowest BCUT2D eigenvalue weighted by atomic mass is 9.93. The van der Waals surface area contributed by atoms with E-state index in [2.05, 4.69) is 11.4 Å². The zero-order valence-electron chi connectivity index (χ0n) is 23.1. The summed E-state index contributed by atoms with van der Waals surface area (Å²) in [5, 5.41) is 12.8. The van der Waals surface area contributed by atoms with Crippen molar-refractivity contribution in [3.63, 3.8) is 0 Å². The zero-order chi connectivity index (χ0) is 28.4. The third-order valence-electron chi connectivity index (χ3n) is 7.75. The van der Waals surface area contributed by atoms with Crippen molar-refractivity contribution < 1.29 is 32.5 Å². The Hall–Kier alpha value is -3.28. The smallest absolute Gasteiger partial charge is 0.321 e. The zero-order valence-corrected chi connectivity index (χ0v) is 23.9. The monoisotopic (exact) mass is 571 g/mol. The number of fused-ring (bicyclic) bond motifs is 2. The second-order valence-electron chi connectivity index (χ2n) is 10.8. The fourth-order valence-corrected chi connectivity index (χ4v) is 7.12. The number of nitrogens with one attached hydrogen (secondary N) is 1. The number of carbonyl (C=O) groups is 1. The molecule has 0 radical (unpaired) electrons. The Kier molecular flexibility index (Phi) is 8.25. The first-order valence-corrected chi connectivity index (χ1v) is 15.2. The topological polar surface area (TPSA) is 118 Å². The number of nitrogens with zero attached hydrogens (tertiary/aromatic N) is 2. The highest BCUT2D eigenvalue weighted by atomic mass is 32.2. The van der Waals surface area contributed by atoms with Gasteiger partial charge in [0.25, 0.3) is 0 Å². The van der Waals surface area contributed by atoms with Crippen molar-refractivity contribution >= 4 is 27.3 Å². The van der Waals surface area contributed by atoms with Gasteiger partial charge in [-0.2, -0.15) is 4.31 Å². The van der Waals surface area contributed by atoms with Gasteiger partial charge in [0.05, 0.1) is 13.2 Å². The van der Waals surface area contributed by atoms with Crippen LogP contribution < -0.4 is 19.5 Å². The fraction of sp³-hybridized carbons (Fsp3) is 0.483. The standard InChI is InChI=1S/C29H37N3O7S/c1-19-15-32(20(2)17-33)40(35,36)28-12-9-22(21-7-5-4-6-8-21)13-26(28)39-27(19)16-31(3)29(34)30-23-10-11-24-25(14-23)38-18-37-24/h7,9-14,19-20,27,33H,4-6,8,15-18H2,1-3H3,(H,30,34)/t19-,20-,27+/m0/s1. The lowest BCUT2D eigenvalue weighted by Gasteiger charge is -2.37. The number of benzene rings is 2. The molecule has 2 N–H and O–H groups in total. The molecule has 2 amide bonds. The van der Waals surface area contributed by atoms with Gasteiger partial charge in [0, 0.05) is 37.3 Å². The van der Waals surface area contributed by atoms with E-state index in [4.69, 9.17) is 14.2 Å². The molecule has 2 aromatic rings. The van der Waals surface area contributed by atoms with Crippen molar-refractivity contribution in [1.82, 2.24) is 9.21 Å². The van der Waals surface area contributed by atoms with Crippen LogP contribution >= 0.6 is 0 Å². The van der Waals surface area contributed by atoms with Crippen molar-refractivity contribution in [2.45, 2.75) is 56.6 Å². The summed E-state index contributed by atoms with van der Waals surface area (Å²) in [5.41, 5.74) is 2.69. The van der Waals surface area contributed by atoms with E-state index in [1.807, 2.05) is 19.1 Å². The maximum atomic E-state index is 13.8. The van der Waals surface area contributed by atoms with E-state index in [1.165, 1.54) is 14.8 Å². The van der Waals surface area contributed by atoms with Crippen molar-refractivity contribution in [1.29, 1.82) is 0 Å². The van der Waals surface area contributed by atoms with Crippen LogP contribution in [0.2, 0.25) is 0 Å². The first kappa shape index (κ1) is 28.3. The Bertz CT molecular complexity index is 1390. The Balaban J connectivity index is 1.42. The maximum Gasteiger partial charge on any atom is 0.321 e. The molecule has 40 heavy (non-hydrogen) atoms. The number of rotatable bonds is 6. The molecule has 0 saturated heterocycles. The highest BCUT2D eigenvalue weighted by Crippen LogP contribution is 2.38. The van der Waals surface area contributed by atoms with Crippen LogP contribution in [0.4, 0.5) is 10.5 Å². The van der Waals surface area contributed by atoms with Gasteiger partial charge in [-0.1, -0.05) is 19.1 Å². The van der Waals surface area contributed by atoms with Crippen LogP contribution in [0.25, 0.3) is 5.57 Å². The third kappa shape index (κ3) is 5.77. The quantitative estimate of drug-likeness (QED) is 0.531. The van der Waals surface area contributed by atoms with Crippen LogP contribution in [-0.4, -0.2) is 74.4 Å². The number of aliphatic hydroxyl groups excluding tert-OH is 1. The van der Waals surface area contributed by atoms with Crippen LogP contribution in [0.15, 0.2) is 47.4 Å². The minimum Gasteiger partial charge on any atom is -0.487 e. The summed E-state index contributed by atoms with van der Waals surface area (Å²) >= 11 is 0. The van der Waals surface area contributed by atoms with Crippen LogP contribution in [-0.2, 0) is 10.0 Å². The van der Waals surface area contributed by atoms with E-state index >= 15 is 0 Å². The van der Waals surface area contributed by atoms with E-state index in [0.29, 0.717) is 17.2 Å². The van der Waals surface area contributed by atoms with E-state index in [-0.39, 0.29) is 49.1 Å². The van der Waals surface area contributed by atoms with Crippen molar-refractivity contribution in [3.05, 3.63) is 48.0 Å². The van der Waals surface area contributed by atoms with Crippen molar-refractivity contribution in [2.75, 3.05) is 38.9 Å². The number of anilines is 1. The van der Waals surface area contributed by atoms with Gasteiger partial charge in [-0.05, 0) is 68.0 Å². The average molecular weight is 572 g/mol. The second-order valence-corrected chi connectivity index (χ2v) is 12.6. The molecular formula is C29H37N3O7S. The number of urea groups is 1. The van der Waals surface area contributed by atoms with Gasteiger partial charge in [-0.3, -0.25) is 0 Å². The number of amides is 2. The lowest BCUT2D eigenvalue weighted by Crippen LogP contribution is -2.50. The molecule has 11 heteroatoms. The number of carbonyl (C=O) groups excluding carboxylic acids is 1. The van der Waals surface area contributed by atoms with E-state index in [0.717, 1.165) is 31.2 Å². The van der Waals surface area contributed by atoms with E-state index in [9.17, 15) is 18.3 Å². The summed E-state index contributed by atoms with van der Waals surface area (Å²) in [6, 6.07) is 9.48.